The van der Waals surface area contributed by atoms with Gasteiger partial charge in [0, 0.05) is 37.8 Å². The van der Waals surface area contributed by atoms with Gasteiger partial charge in [-0.3, -0.25) is 4.79 Å². The SMILES string of the molecule is O=C(/C=C/c1ccc(Cl)c(Cl)c1)N1CCN(c2ccc(-c3ccccc3)nn2)CC1. The number of aromatic nitrogens is 2. The van der Waals surface area contributed by atoms with Crippen LogP contribution in [0.5, 0.6) is 0 Å². The van der Waals surface area contributed by atoms with Gasteiger partial charge >= 0.3 is 0 Å². The molecule has 4 rings (SSSR count). The lowest BCUT2D eigenvalue weighted by molar-refractivity contribution is -0.126. The van der Waals surface area contributed by atoms with Gasteiger partial charge in [0.25, 0.3) is 0 Å². The van der Waals surface area contributed by atoms with Gasteiger partial charge in [-0.1, -0.05) is 59.6 Å². The minimum Gasteiger partial charge on any atom is -0.352 e. The van der Waals surface area contributed by atoms with Gasteiger partial charge in [0.1, 0.15) is 0 Å². The normalized spacial score (nSPS) is 14.3. The number of halogens is 2. The van der Waals surface area contributed by atoms with E-state index in [9.17, 15) is 4.79 Å². The highest BCUT2D eigenvalue weighted by Gasteiger charge is 2.20. The van der Waals surface area contributed by atoms with Gasteiger partial charge in [-0.05, 0) is 35.9 Å². The lowest BCUT2D eigenvalue weighted by Crippen LogP contribution is -2.48. The molecule has 1 amide bonds. The van der Waals surface area contributed by atoms with Crippen LogP contribution in [0.4, 0.5) is 5.82 Å². The summed E-state index contributed by atoms with van der Waals surface area (Å²) in [6, 6.07) is 19.2. The van der Waals surface area contributed by atoms with E-state index in [1.807, 2.05) is 53.4 Å². The van der Waals surface area contributed by atoms with Crippen molar-refractivity contribution >= 4 is 41.0 Å². The van der Waals surface area contributed by atoms with E-state index in [-0.39, 0.29) is 5.91 Å². The van der Waals surface area contributed by atoms with Gasteiger partial charge in [-0.15, -0.1) is 10.2 Å². The van der Waals surface area contributed by atoms with Crippen molar-refractivity contribution in [3.05, 3.63) is 82.3 Å². The van der Waals surface area contributed by atoms with Crippen molar-refractivity contribution in [3.8, 4) is 11.3 Å². The van der Waals surface area contributed by atoms with Crippen LogP contribution in [-0.4, -0.2) is 47.2 Å². The molecule has 0 radical (unpaired) electrons. The molecule has 1 fully saturated rings. The highest BCUT2D eigenvalue weighted by Crippen LogP contribution is 2.23. The maximum Gasteiger partial charge on any atom is 0.246 e. The van der Waals surface area contributed by atoms with Gasteiger partial charge < -0.3 is 9.80 Å². The molecule has 152 valence electrons. The van der Waals surface area contributed by atoms with E-state index < -0.39 is 0 Å². The van der Waals surface area contributed by atoms with Crippen LogP contribution in [0, 0.1) is 0 Å². The summed E-state index contributed by atoms with van der Waals surface area (Å²) < 4.78 is 0. The molecule has 1 aliphatic heterocycles. The average molecular weight is 439 g/mol. The van der Waals surface area contributed by atoms with E-state index in [0.717, 1.165) is 22.6 Å². The number of benzene rings is 2. The first-order chi connectivity index (χ1) is 14.6. The Labute approximate surface area is 185 Å². The molecule has 5 nitrogen and oxygen atoms in total. The summed E-state index contributed by atoms with van der Waals surface area (Å²) in [4.78, 5) is 16.5. The molecule has 0 atom stereocenters. The standard InChI is InChI=1S/C23H20Cl2N4O/c24-19-8-6-17(16-20(19)25)7-11-23(30)29-14-12-28(13-15-29)22-10-9-21(26-27-22)18-4-2-1-3-5-18/h1-11,16H,12-15H2/b11-7+. The first-order valence-corrected chi connectivity index (χ1v) is 10.4. The van der Waals surface area contributed by atoms with Crippen molar-refractivity contribution in [2.24, 2.45) is 0 Å². The molecule has 0 saturated carbocycles. The fourth-order valence-electron chi connectivity index (χ4n) is 3.30. The van der Waals surface area contributed by atoms with Crippen LogP contribution in [0.3, 0.4) is 0 Å². The fraction of sp³-hybridized carbons (Fsp3) is 0.174. The number of hydrogen-bond acceptors (Lipinski definition) is 4. The molecule has 2 heterocycles. The topological polar surface area (TPSA) is 49.3 Å². The van der Waals surface area contributed by atoms with Gasteiger partial charge in [-0.2, -0.15) is 0 Å². The molecule has 3 aromatic rings. The van der Waals surface area contributed by atoms with Crippen LogP contribution < -0.4 is 4.90 Å². The summed E-state index contributed by atoms with van der Waals surface area (Å²) >= 11 is 11.9. The largest absolute Gasteiger partial charge is 0.352 e. The molecule has 0 spiro atoms. The second kappa shape index (κ2) is 9.28. The Kier molecular flexibility index (Phi) is 6.31. The minimum atomic E-state index is -0.0220. The summed E-state index contributed by atoms with van der Waals surface area (Å²) in [6.45, 7) is 2.69. The van der Waals surface area contributed by atoms with Crippen LogP contribution in [0.25, 0.3) is 17.3 Å². The lowest BCUT2D eigenvalue weighted by atomic mass is 10.1. The monoisotopic (exact) mass is 438 g/mol. The molecule has 2 aromatic carbocycles. The molecular weight excluding hydrogens is 419 g/mol. The van der Waals surface area contributed by atoms with Gasteiger partial charge in [0.05, 0.1) is 15.7 Å². The van der Waals surface area contributed by atoms with E-state index in [1.165, 1.54) is 0 Å². The molecular formula is C23H20Cl2N4O. The molecule has 1 saturated heterocycles. The third-order valence-electron chi connectivity index (χ3n) is 5.00. The Balaban J connectivity index is 1.33. The van der Waals surface area contributed by atoms with Crippen LogP contribution in [-0.2, 0) is 4.79 Å². The first-order valence-electron chi connectivity index (χ1n) is 9.66. The third-order valence-corrected chi connectivity index (χ3v) is 5.74. The van der Waals surface area contributed by atoms with Gasteiger partial charge in [0.2, 0.25) is 5.91 Å². The lowest BCUT2D eigenvalue weighted by Gasteiger charge is -2.34. The van der Waals surface area contributed by atoms with Crippen molar-refractivity contribution in [2.75, 3.05) is 31.1 Å². The molecule has 1 aliphatic rings. The second-order valence-electron chi connectivity index (χ2n) is 6.96. The Bertz CT molecular complexity index is 1050. The Morgan fingerprint density at radius 3 is 2.30 bits per heavy atom. The van der Waals surface area contributed by atoms with Crippen LogP contribution in [0.15, 0.2) is 66.7 Å². The highest BCUT2D eigenvalue weighted by atomic mass is 35.5. The van der Waals surface area contributed by atoms with Crippen molar-refractivity contribution in [2.45, 2.75) is 0 Å². The number of amides is 1. The minimum absolute atomic E-state index is 0.0220. The fourth-order valence-corrected chi connectivity index (χ4v) is 3.61. The van der Waals surface area contributed by atoms with Crippen LogP contribution in [0.1, 0.15) is 5.56 Å². The van der Waals surface area contributed by atoms with E-state index in [0.29, 0.717) is 36.2 Å². The van der Waals surface area contributed by atoms with Crippen LogP contribution >= 0.6 is 23.2 Å². The Hall–Kier alpha value is -2.89. The summed E-state index contributed by atoms with van der Waals surface area (Å²) in [7, 11) is 0. The smallest absolute Gasteiger partial charge is 0.246 e. The van der Waals surface area contributed by atoms with Crippen molar-refractivity contribution in [3.63, 3.8) is 0 Å². The molecule has 0 bridgehead atoms. The van der Waals surface area contributed by atoms with Crippen molar-refractivity contribution < 1.29 is 4.79 Å². The van der Waals surface area contributed by atoms with Gasteiger partial charge in [-0.25, -0.2) is 0 Å². The Morgan fingerprint density at radius 1 is 0.867 bits per heavy atom. The van der Waals surface area contributed by atoms with E-state index >= 15 is 0 Å². The zero-order chi connectivity index (χ0) is 20.9. The summed E-state index contributed by atoms with van der Waals surface area (Å²) in [5.74, 6) is 0.805. The number of nitrogens with zero attached hydrogens (tertiary/aromatic N) is 4. The summed E-state index contributed by atoms with van der Waals surface area (Å²) in [5, 5.41) is 9.69. The van der Waals surface area contributed by atoms with Crippen molar-refractivity contribution in [1.29, 1.82) is 0 Å². The zero-order valence-corrected chi connectivity index (χ0v) is 17.7. The predicted molar refractivity (Wildman–Crippen MR) is 122 cm³/mol. The average Bonchev–Trinajstić information content (AvgIpc) is 2.80. The highest BCUT2D eigenvalue weighted by molar-refractivity contribution is 6.42. The summed E-state index contributed by atoms with van der Waals surface area (Å²) in [5.41, 5.74) is 2.73. The molecule has 7 heteroatoms. The second-order valence-corrected chi connectivity index (χ2v) is 7.78. The number of hydrogen-bond donors (Lipinski definition) is 0. The summed E-state index contributed by atoms with van der Waals surface area (Å²) in [6.07, 6.45) is 3.33. The number of carbonyl (C=O) groups excluding carboxylic acids is 1. The Morgan fingerprint density at radius 2 is 1.63 bits per heavy atom. The zero-order valence-electron chi connectivity index (χ0n) is 16.2. The molecule has 0 aliphatic carbocycles. The predicted octanol–water partition coefficient (Wildman–Crippen LogP) is 4.81. The number of piperazine rings is 1. The molecule has 0 N–H and O–H groups in total. The quantitative estimate of drug-likeness (QED) is 0.548. The molecule has 1 aromatic heterocycles. The maximum atomic E-state index is 12.5. The van der Waals surface area contributed by atoms with E-state index in [1.54, 1.807) is 24.3 Å². The van der Waals surface area contributed by atoms with Crippen LogP contribution in [0.2, 0.25) is 10.0 Å². The van der Waals surface area contributed by atoms with E-state index in [4.69, 9.17) is 23.2 Å². The van der Waals surface area contributed by atoms with Gasteiger partial charge in [0.15, 0.2) is 5.82 Å². The molecule has 0 unspecified atom stereocenters. The first kappa shape index (κ1) is 20.4. The number of anilines is 1. The third kappa shape index (κ3) is 4.81. The number of rotatable bonds is 4. The maximum absolute atomic E-state index is 12.5. The number of carbonyl (C=O) groups is 1. The van der Waals surface area contributed by atoms with E-state index in [2.05, 4.69) is 15.1 Å². The molecule has 30 heavy (non-hydrogen) atoms. The van der Waals surface area contributed by atoms with Crippen molar-refractivity contribution in [1.82, 2.24) is 15.1 Å².